The number of para-hydroxylation sites is 1. The number of thioether (sulfide) groups is 1. The highest BCUT2D eigenvalue weighted by Gasteiger charge is 2.26. The normalized spacial score (nSPS) is 16.3. The van der Waals surface area contributed by atoms with Crippen LogP contribution in [-0.4, -0.2) is 20.4 Å². The first-order chi connectivity index (χ1) is 13.0. The molecule has 3 aromatic rings. The van der Waals surface area contributed by atoms with Gasteiger partial charge in [-0.25, -0.2) is 4.79 Å². The van der Waals surface area contributed by atoms with E-state index in [1.54, 1.807) is 11.8 Å². The number of benzene rings is 2. The lowest BCUT2D eigenvalue weighted by Crippen LogP contribution is -2.32. The van der Waals surface area contributed by atoms with E-state index in [0.29, 0.717) is 12.1 Å². The number of H-pyrrole nitrogens is 1. The van der Waals surface area contributed by atoms with Crippen LogP contribution in [0.25, 0.3) is 0 Å². The molecular formula is C20H17N3O3S. The number of aromatic amines is 1. The Labute approximate surface area is 159 Å². The van der Waals surface area contributed by atoms with E-state index in [0.717, 1.165) is 20.7 Å². The van der Waals surface area contributed by atoms with E-state index in [1.807, 2.05) is 54.6 Å². The van der Waals surface area contributed by atoms with Crippen molar-refractivity contribution < 1.29 is 5.11 Å². The van der Waals surface area contributed by atoms with Crippen molar-refractivity contribution in [1.82, 2.24) is 9.55 Å². The van der Waals surface area contributed by atoms with Crippen LogP contribution in [0.3, 0.4) is 0 Å². The van der Waals surface area contributed by atoms with E-state index in [1.165, 1.54) is 7.05 Å². The zero-order chi connectivity index (χ0) is 19.0. The summed E-state index contributed by atoms with van der Waals surface area (Å²) in [6.07, 6.45) is 0.443. The van der Waals surface area contributed by atoms with Crippen LogP contribution in [0, 0.1) is 0 Å². The molecule has 1 aromatic heterocycles. The van der Waals surface area contributed by atoms with Crippen LogP contribution in [0.2, 0.25) is 0 Å². The molecule has 1 aliphatic rings. The predicted molar refractivity (Wildman–Crippen MR) is 106 cm³/mol. The van der Waals surface area contributed by atoms with E-state index < -0.39 is 11.2 Å². The molecule has 2 heterocycles. The van der Waals surface area contributed by atoms with Crippen molar-refractivity contribution in [2.24, 2.45) is 12.0 Å². The smallest absolute Gasteiger partial charge is 0.330 e. The van der Waals surface area contributed by atoms with Crippen molar-refractivity contribution in [3.63, 3.8) is 0 Å². The molecular weight excluding hydrogens is 362 g/mol. The van der Waals surface area contributed by atoms with Crippen LogP contribution >= 0.6 is 11.8 Å². The number of fused-ring (bicyclic) bond motifs is 1. The Morgan fingerprint density at radius 2 is 1.81 bits per heavy atom. The first-order valence-corrected chi connectivity index (χ1v) is 9.33. The first-order valence-electron chi connectivity index (χ1n) is 8.45. The molecule has 1 unspecified atom stereocenters. The fourth-order valence-electron chi connectivity index (χ4n) is 3.09. The number of nitrogens with zero attached hydrogens (tertiary/aromatic N) is 2. The largest absolute Gasteiger partial charge is 0.494 e. The minimum atomic E-state index is -0.662. The van der Waals surface area contributed by atoms with Crippen LogP contribution in [0.5, 0.6) is 5.88 Å². The molecule has 1 atom stereocenters. The van der Waals surface area contributed by atoms with E-state index >= 15 is 0 Å². The van der Waals surface area contributed by atoms with E-state index in [-0.39, 0.29) is 16.7 Å². The third kappa shape index (κ3) is 3.21. The number of aliphatic imine (C=N–C) groups is 1. The Kier molecular flexibility index (Phi) is 4.45. The quantitative estimate of drug-likeness (QED) is 0.716. The third-order valence-corrected chi connectivity index (χ3v) is 5.84. The van der Waals surface area contributed by atoms with Crippen LogP contribution in [0.15, 0.2) is 74.1 Å². The van der Waals surface area contributed by atoms with Gasteiger partial charge in [0.25, 0.3) is 5.56 Å². The zero-order valence-electron chi connectivity index (χ0n) is 14.5. The molecule has 4 rings (SSSR count). The van der Waals surface area contributed by atoms with Crippen LogP contribution in [0.1, 0.15) is 22.8 Å². The Bertz CT molecular complexity index is 1150. The van der Waals surface area contributed by atoms with Crippen molar-refractivity contribution in [2.45, 2.75) is 16.6 Å². The molecule has 0 radical (unpaired) electrons. The van der Waals surface area contributed by atoms with Gasteiger partial charge in [-0.3, -0.25) is 19.3 Å². The maximum Gasteiger partial charge on any atom is 0.330 e. The molecule has 136 valence electrons. The van der Waals surface area contributed by atoms with Gasteiger partial charge in [0.15, 0.2) is 0 Å². The zero-order valence-corrected chi connectivity index (χ0v) is 15.4. The first kappa shape index (κ1) is 17.4. The van der Waals surface area contributed by atoms with Gasteiger partial charge in [0.05, 0.1) is 11.4 Å². The van der Waals surface area contributed by atoms with Crippen LogP contribution < -0.4 is 11.2 Å². The Balaban J connectivity index is 1.92. The van der Waals surface area contributed by atoms with Gasteiger partial charge in [-0.15, -0.1) is 11.8 Å². The van der Waals surface area contributed by atoms with Gasteiger partial charge in [-0.05, 0) is 17.7 Å². The standard InChI is InChI=1S/C20H17N3O3S/c1-23-19(25)17(18(24)22-20(23)26)14-11-16(12-7-3-2-4-8-12)27-15-10-6-5-9-13(15)21-14/h2-10,16,25H,11H2,1H3,(H,22,24,26). The van der Waals surface area contributed by atoms with Crippen molar-refractivity contribution in [2.75, 3.05) is 0 Å². The maximum absolute atomic E-state index is 12.5. The molecule has 2 N–H and O–H groups in total. The summed E-state index contributed by atoms with van der Waals surface area (Å²) in [6, 6.07) is 17.7. The van der Waals surface area contributed by atoms with Gasteiger partial charge in [-0.2, -0.15) is 0 Å². The van der Waals surface area contributed by atoms with Gasteiger partial charge >= 0.3 is 5.69 Å². The van der Waals surface area contributed by atoms with Gasteiger partial charge < -0.3 is 5.11 Å². The second-order valence-electron chi connectivity index (χ2n) is 6.26. The molecule has 0 saturated heterocycles. The fraction of sp³-hybridized carbons (Fsp3) is 0.150. The van der Waals surface area contributed by atoms with Crippen molar-refractivity contribution in [1.29, 1.82) is 0 Å². The summed E-state index contributed by atoms with van der Waals surface area (Å²) in [6.45, 7) is 0. The minimum Gasteiger partial charge on any atom is -0.494 e. The molecule has 6 nitrogen and oxygen atoms in total. The molecule has 0 spiro atoms. The summed E-state index contributed by atoms with van der Waals surface area (Å²) < 4.78 is 1.01. The second kappa shape index (κ2) is 6.92. The lowest BCUT2D eigenvalue weighted by Gasteiger charge is -2.16. The number of aromatic hydroxyl groups is 1. The SMILES string of the molecule is Cn1c(O)c(C2=Nc3ccccc3SC(c3ccccc3)C2)c(=O)[nH]c1=O. The highest BCUT2D eigenvalue weighted by Crippen LogP contribution is 2.45. The van der Waals surface area contributed by atoms with E-state index in [9.17, 15) is 14.7 Å². The summed E-state index contributed by atoms with van der Waals surface area (Å²) in [5.41, 5.74) is 1.04. The molecule has 7 heteroatoms. The number of hydrogen-bond acceptors (Lipinski definition) is 5. The lowest BCUT2D eigenvalue weighted by atomic mass is 10.0. The monoisotopic (exact) mass is 379 g/mol. The van der Waals surface area contributed by atoms with Gasteiger partial charge in [0, 0.05) is 23.6 Å². The number of hydrogen-bond donors (Lipinski definition) is 2. The summed E-state index contributed by atoms with van der Waals surface area (Å²) in [7, 11) is 1.41. The molecule has 0 fully saturated rings. The van der Waals surface area contributed by atoms with Crippen molar-refractivity contribution in [3.8, 4) is 5.88 Å². The predicted octanol–water partition coefficient (Wildman–Crippen LogP) is 3.14. The topological polar surface area (TPSA) is 87.4 Å². The number of aromatic nitrogens is 2. The maximum atomic E-state index is 12.5. The average Bonchev–Trinajstić information content (AvgIpc) is 2.86. The Morgan fingerprint density at radius 3 is 2.59 bits per heavy atom. The highest BCUT2D eigenvalue weighted by molar-refractivity contribution is 7.99. The van der Waals surface area contributed by atoms with Crippen LogP contribution in [-0.2, 0) is 7.05 Å². The summed E-state index contributed by atoms with van der Waals surface area (Å²) in [5, 5.41) is 10.5. The average molecular weight is 379 g/mol. The summed E-state index contributed by atoms with van der Waals surface area (Å²) >= 11 is 1.67. The second-order valence-corrected chi connectivity index (χ2v) is 7.51. The minimum absolute atomic E-state index is 0.0182. The van der Waals surface area contributed by atoms with Gasteiger partial charge in [0.1, 0.15) is 5.56 Å². The molecule has 0 bridgehead atoms. The van der Waals surface area contributed by atoms with Gasteiger partial charge in [0.2, 0.25) is 5.88 Å². The fourth-order valence-corrected chi connectivity index (χ4v) is 4.32. The number of rotatable bonds is 2. The lowest BCUT2D eigenvalue weighted by molar-refractivity contribution is 0.416. The third-order valence-electron chi connectivity index (χ3n) is 4.52. The van der Waals surface area contributed by atoms with Crippen LogP contribution in [0.4, 0.5) is 5.69 Å². The van der Waals surface area contributed by atoms with E-state index in [4.69, 9.17) is 0 Å². The summed E-state index contributed by atoms with van der Waals surface area (Å²) in [4.78, 5) is 32.1. The van der Waals surface area contributed by atoms with Gasteiger partial charge in [-0.1, -0.05) is 42.5 Å². The molecule has 0 amide bonds. The Morgan fingerprint density at radius 1 is 1.11 bits per heavy atom. The molecule has 0 aliphatic carbocycles. The summed E-state index contributed by atoms with van der Waals surface area (Å²) in [5.74, 6) is -0.376. The molecule has 1 aliphatic heterocycles. The van der Waals surface area contributed by atoms with E-state index in [2.05, 4.69) is 9.98 Å². The highest BCUT2D eigenvalue weighted by atomic mass is 32.2. The van der Waals surface area contributed by atoms with Crippen molar-refractivity contribution >= 4 is 23.2 Å². The molecule has 27 heavy (non-hydrogen) atoms. The van der Waals surface area contributed by atoms with Crippen molar-refractivity contribution in [3.05, 3.63) is 86.6 Å². The number of nitrogens with one attached hydrogen (secondary N) is 1. The molecule has 0 saturated carbocycles. The molecule has 2 aromatic carbocycles. The Hall–Kier alpha value is -3.06.